The van der Waals surface area contributed by atoms with Gasteiger partial charge in [-0.2, -0.15) is 0 Å². The summed E-state index contributed by atoms with van der Waals surface area (Å²) in [5.74, 6) is 2.33. The third-order valence-electron chi connectivity index (χ3n) is 4.50. The SMILES string of the molecule is CCCOc1cc(OCCC)c(CCC)cc1/C=C/C(=O)c1ccc(OCC)cc1. The summed E-state index contributed by atoms with van der Waals surface area (Å²) in [5.41, 5.74) is 2.67. The molecule has 0 unspecified atom stereocenters. The molecule has 0 atom stereocenters. The molecule has 0 fully saturated rings. The Labute approximate surface area is 180 Å². The summed E-state index contributed by atoms with van der Waals surface area (Å²) in [7, 11) is 0. The van der Waals surface area contributed by atoms with E-state index in [2.05, 4.69) is 26.8 Å². The highest BCUT2D eigenvalue weighted by Gasteiger charge is 2.11. The van der Waals surface area contributed by atoms with Crippen LogP contribution < -0.4 is 14.2 Å². The first-order valence-corrected chi connectivity index (χ1v) is 11.0. The number of carbonyl (C=O) groups excluding carboxylic acids is 1. The number of aryl methyl sites for hydroxylation is 1. The fourth-order valence-electron chi connectivity index (χ4n) is 3.05. The van der Waals surface area contributed by atoms with Gasteiger partial charge in [0.25, 0.3) is 0 Å². The Hall–Kier alpha value is -2.75. The van der Waals surface area contributed by atoms with Crippen LogP contribution in [0.2, 0.25) is 0 Å². The number of carbonyl (C=O) groups is 1. The van der Waals surface area contributed by atoms with Crippen molar-refractivity contribution in [1.82, 2.24) is 0 Å². The Bertz CT molecular complexity index is 822. The molecule has 0 N–H and O–H groups in total. The van der Waals surface area contributed by atoms with Gasteiger partial charge in [0.05, 0.1) is 19.8 Å². The van der Waals surface area contributed by atoms with Crippen LogP contribution in [0.3, 0.4) is 0 Å². The Morgan fingerprint density at radius 1 is 0.833 bits per heavy atom. The molecule has 4 nitrogen and oxygen atoms in total. The monoisotopic (exact) mass is 410 g/mol. The van der Waals surface area contributed by atoms with Crippen molar-refractivity contribution in [1.29, 1.82) is 0 Å². The molecular formula is C26H34O4. The molecule has 0 bridgehead atoms. The van der Waals surface area contributed by atoms with Crippen molar-refractivity contribution in [2.75, 3.05) is 19.8 Å². The van der Waals surface area contributed by atoms with Gasteiger partial charge in [-0.25, -0.2) is 0 Å². The number of hydrogen-bond acceptors (Lipinski definition) is 4. The summed E-state index contributed by atoms with van der Waals surface area (Å²) in [5, 5.41) is 0. The zero-order chi connectivity index (χ0) is 21.8. The zero-order valence-corrected chi connectivity index (χ0v) is 18.7. The number of rotatable bonds is 13. The van der Waals surface area contributed by atoms with Gasteiger partial charge in [-0.1, -0.05) is 27.2 Å². The van der Waals surface area contributed by atoms with Crippen LogP contribution in [-0.4, -0.2) is 25.6 Å². The van der Waals surface area contributed by atoms with Gasteiger partial charge in [0.1, 0.15) is 17.2 Å². The van der Waals surface area contributed by atoms with Gasteiger partial charge in [-0.3, -0.25) is 4.79 Å². The van der Waals surface area contributed by atoms with Gasteiger partial charge < -0.3 is 14.2 Å². The van der Waals surface area contributed by atoms with E-state index in [4.69, 9.17) is 14.2 Å². The summed E-state index contributed by atoms with van der Waals surface area (Å²) in [6.07, 6.45) is 7.25. The van der Waals surface area contributed by atoms with E-state index in [0.29, 0.717) is 25.4 Å². The lowest BCUT2D eigenvalue weighted by Crippen LogP contribution is -2.03. The van der Waals surface area contributed by atoms with E-state index in [-0.39, 0.29) is 5.78 Å². The van der Waals surface area contributed by atoms with Crippen molar-refractivity contribution >= 4 is 11.9 Å². The average molecular weight is 411 g/mol. The van der Waals surface area contributed by atoms with Crippen molar-refractivity contribution in [2.45, 2.75) is 53.4 Å². The van der Waals surface area contributed by atoms with Gasteiger partial charge in [-0.05, 0) is 74.2 Å². The zero-order valence-electron chi connectivity index (χ0n) is 18.7. The fraction of sp³-hybridized carbons (Fsp3) is 0.423. The number of hydrogen-bond donors (Lipinski definition) is 0. The third kappa shape index (κ3) is 6.94. The van der Waals surface area contributed by atoms with E-state index in [1.54, 1.807) is 18.2 Å². The maximum absolute atomic E-state index is 12.6. The molecule has 30 heavy (non-hydrogen) atoms. The second-order valence-corrected chi connectivity index (χ2v) is 7.10. The molecule has 2 aromatic rings. The quantitative estimate of drug-likeness (QED) is 0.279. The van der Waals surface area contributed by atoms with E-state index in [9.17, 15) is 4.79 Å². The van der Waals surface area contributed by atoms with Crippen LogP contribution in [0.25, 0.3) is 6.08 Å². The van der Waals surface area contributed by atoms with E-state index < -0.39 is 0 Å². The minimum atomic E-state index is -0.0529. The summed E-state index contributed by atoms with van der Waals surface area (Å²) < 4.78 is 17.4. The molecule has 0 spiro atoms. The largest absolute Gasteiger partial charge is 0.494 e. The van der Waals surface area contributed by atoms with Crippen molar-refractivity contribution in [3.8, 4) is 17.2 Å². The Morgan fingerprint density at radius 2 is 1.50 bits per heavy atom. The van der Waals surface area contributed by atoms with Gasteiger partial charge >= 0.3 is 0 Å². The molecular weight excluding hydrogens is 376 g/mol. The molecule has 162 valence electrons. The molecule has 2 rings (SSSR count). The molecule has 2 aromatic carbocycles. The van der Waals surface area contributed by atoms with Crippen molar-refractivity contribution < 1.29 is 19.0 Å². The molecule has 0 heterocycles. The Balaban J connectivity index is 2.29. The number of allylic oxidation sites excluding steroid dienone is 1. The standard InChI is InChI=1S/C26H34O4/c1-5-9-21-18-22(26(30-17-7-3)19-25(21)29-16-6-2)12-15-24(27)20-10-13-23(14-11-20)28-8-4/h10-15,18-19H,5-9,16-17H2,1-4H3/b15-12+. The van der Waals surface area contributed by atoms with Crippen molar-refractivity contribution in [3.05, 3.63) is 59.2 Å². The van der Waals surface area contributed by atoms with Crippen LogP contribution in [-0.2, 0) is 6.42 Å². The Morgan fingerprint density at radius 3 is 2.10 bits per heavy atom. The summed E-state index contributed by atoms with van der Waals surface area (Å²) in [6.45, 7) is 10.2. The molecule has 0 aliphatic rings. The lowest BCUT2D eigenvalue weighted by atomic mass is 10.0. The van der Waals surface area contributed by atoms with Crippen LogP contribution in [0.5, 0.6) is 17.2 Å². The molecule has 4 heteroatoms. The fourth-order valence-corrected chi connectivity index (χ4v) is 3.05. The molecule has 0 amide bonds. The van der Waals surface area contributed by atoms with Gasteiger partial charge in [-0.15, -0.1) is 0 Å². The van der Waals surface area contributed by atoms with E-state index in [0.717, 1.165) is 54.1 Å². The predicted molar refractivity (Wildman–Crippen MR) is 123 cm³/mol. The first-order valence-electron chi connectivity index (χ1n) is 11.0. The predicted octanol–water partition coefficient (Wildman–Crippen LogP) is 6.51. The molecule has 0 radical (unpaired) electrons. The van der Waals surface area contributed by atoms with E-state index in [1.807, 2.05) is 31.2 Å². The van der Waals surface area contributed by atoms with E-state index >= 15 is 0 Å². The molecule has 0 aromatic heterocycles. The minimum absolute atomic E-state index is 0.0529. The number of ketones is 1. The van der Waals surface area contributed by atoms with Crippen molar-refractivity contribution in [2.24, 2.45) is 0 Å². The van der Waals surface area contributed by atoms with Crippen LogP contribution in [0, 0.1) is 0 Å². The highest BCUT2D eigenvalue weighted by Crippen LogP contribution is 2.32. The molecule has 0 saturated heterocycles. The first kappa shape index (κ1) is 23.5. The Kier molecular flexibility index (Phi) is 9.99. The minimum Gasteiger partial charge on any atom is -0.494 e. The topological polar surface area (TPSA) is 44.8 Å². The van der Waals surface area contributed by atoms with Gasteiger partial charge in [0, 0.05) is 17.2 Å². The maximum Gasteiger partial charge on any atom is 0.185 e. The normalized spacial score (nSPS) is 10.9. The smallest absolute Gasteiger partial charge is 0.185 e. The number of benzene rings is 2. The lowest BCUT2D eigenvalue weighted by Gasteiger charge is -2.16. The maximum atomic E-state index is 12.6. The van der Waals surface area contributed by atoms with Crippen molar-refractivity contribution in [3.63, 3.8) is 0 Å². The molecule has 0 saturated carbocycles. The molecule has 0 aliphatic heterocycles. The highest BCUT2D eigenvalue weighted by atomic mass is 16.5. The molecule has 0 aliphatic carbocycles. The van der Waals surface area contributed by atoms with Gasteiger partial charge in [0.15, 0.2) is 5.78 Å². The van der Waals surface area contributed by atoms with Gasteiger partial charge in [0.2, 0.25) is 0 Å². The second kappa shape index (κ2) is 12.7. The first-order chi connectivity index (χ1) is 14.6. The summed E-state index contributed by atoms with van der Waals surface area (Å²) in [4.78, 5) is 12.6. The highest BCUT2D eigenvalue weighted by molar-refractivity contribution is 6.07. The third-order valence-corrected chi connectivity index (χ3v) is 4.50. The van der Waals surface area contributed by atoms with E-state index in [1.165, 1.54) is 0 Å². The summed E-state index contributed by atoms with van der Waals surface area (Å²) in [6, 6.07) is 11.3. The van der Waals surface area contributed by atoms with Crippen LogP contribution in [0.15, 0.2) is 42.5 Å². The average Bonchev–Trinajstić information content (AvgIpc) is 2.76. The van der Waals surface area contributed by atoms with Crippen LogP contribution in [0.1, 0.15) is 68.4 Å². The van der Waals surface area contributed by atoms with Crippen LogP contribution >= 0.6 is 0 Å². The van der Waals surface area contributed by atoms with Crippen LogP contribution in [0.4, 0.5) is 0 Å². The number of ether oxygens (including phenoxy) is 3. The lowest BCUT2D eigenvalue weighted by molar-refractivity contribution is 0.104. The summed E-state index contributed by atoms with van der Waals surface area (Å²) >= 11 is 0. The second-order valence-electron chi connectivity index (χ2n) is 7.10.